The van der Waals surface area contributed by atoms with Gasteiger partial charge in [-0.25, -0.2) is 15.4 Å². The average molecular weight is 230 g/mol. The normalized spacial score (nSPS) is 19.8. The van der Waals surface area contributed by atoms with E-state index in [0.717, 1.165) is 24.2 Å². The third-order valence-corrected chi connectivity index (χ3v) is 2.74. The highest BCUT2D eigenvalue weighted by Crippen LogP contribution is 2.15. The van der Waals surface area contributed by atoms with Gasteiger partial charge in [-0.1, -0.05) is 12.2 Å². The molecule has 0 unspecified atom stereocenters. The summed E-state index contributed by atoms with van der Waals surface area (Å²) in [7, 11) is 0. The number of allylic oxidation sites excluding steroid dienone is 2. The molecule has 0 aromatic carbocycles. The van der Waals surface area contributed by atoms with Crippen LogP contribution in [0.3, 0.4) is 0 Å². The topological polar surface area (TPSA) is 50.2 Å². The van der Waals surface area contributed by atoms with Gasteiger partial charge in [-0.05, 0) is 45.1 Å². The van der Waals surface area contributed by atoms with Crippen LogP contribution in [-0.2, 0) is 0 Å². The second kappa shape index (κ2) is 5.57. The molecule has 1 heterocycles. The number of nitrogens with zero attached hydrogens (tertiary/aromatic N) is 3. The van der Waals surface area contributed by atoms with E-state index in [-0.39, 0.29) is 0 Å². The van der Waals surface area contributed by atoms with Gasteiger partial charge >= 0.3 is 0 Å². The number of nitrogens with one attached hydrogen (secondary N) is 1. The number of aromatic nitrogens is 2. The number of hydrazone groups is 1. The molecule has 1 aliphatic rings. The Bertz CT molecular complexity index is 417. The molecule has 1 N–H and O–H groups in total. The standard InChI is InChI=1S/C13H18N4/c1-10-8-11(2)16-13(15-10)17-14-9-12-6-4-3-5-7-12/h3-4,8-9,12H,5-7H2,1-2H3,(H,15,16,17)/b14-9-/t12-/m1/s1. The summed E-state index contributed by atoms with van der Waals surface area (Å²) in [5.41, 5.74) is 4.81. The van der Waals surface area contributed by atoms with E-state index < -0.39 is 0 Å². The largest absolute Gasteiger partial charge is 0.245 e. The number of aryl methyl sites for hydroxylation is 2. The molecule has 1 aromatic heterocycles. The molecule has 4 heteroatoms. The lowest BCUT2D eigenvalue weighted by Gasteiger charge is -2.11. The van der Waals surface area contributed by atoms with Gasteiger partial charge in [0, 0.05) is 17.6 Å². The molecule has 0 spiro atoms. The fraction of sp³-hybridized carbons (Fsp3) is 0.462. The quantitative estimate of drug-likeness (QED) is 0.493. The molecule has 0 saturated carbocycles. The summed E-state index contributed by atoms with van der Waals surface area (Å²) < 4.78 is 0. The molecular weight excluding hydrogens is 212 g/mol. The number of rotatable bonds is 3. The monoisotopic (exact) mass is 230 g/mol. The molecular formula is C13H18N4. The van der Waals surface area contributed by atoms with Crippen molar-refractivity contribution in [1.82, 2.24) is 9.97 Å². The van der Waals surface area contributed by atoms with Gasteiger partial charge in [-0.3, -0.25) is 0 Å². The predicted octanol–water partition coefficient (Wildman–Crippen LogP) is 2.85. The van der Waals surface area contributed by atoms with Crippen LogP contribution in [0.1, 0.15) is 30.7 Å². The lowest BCUT2D eigenvalue weighted by atomic mass is 9.96. The maximum absolute atomic E-state index is 4.27. The van der Waals surface area contributed by atoms with Gasteiger partial charge in [0.25, 0.3) is 0 Å². The van der Waals surface area contributed by atoms with Crippen molar-refractivity contribution >= 4 is 12.2 Å². The van der Waals surface area contributed by atoms with E-state index in [2.05, 4.69) is 32.6 Å². The minimum atomic E-state index is 0.540. The van der Waals surface area contributed by atoms with Gasteiger partial charge in [0.05, 0.1) is 0 Å². The van der Waals surface area contributed by atoms with Crippen molar-refractivity contribution in [2.75, 3.05) is 5.43 Å². The first kappa shape index (κ1) is 11.8. The van der Waals surface area contributed by atoms with Crippen LogP contribution in [0.5, 0.6) is 0 Å². The minimum absolute atomic E-state index is 0.540. The van der Waals surface area contributed by atoms with E-state index in [1.165, 1.54) is 6.42 Å². The molecule has 1 atom stereocenters. The zero-order chi connectivity index (χ0) is 12.1. The molecule has 0 fully saturated rings. The van der Waals surface area contributed by atoms with E-state index in [4.69, 9.17) is 0 Å². The van der Waals surface area contributed by atoms with E-state index >= 15 is 0 Å². The Morgan fingerprint density at radius 2 is 2.06 bits per heavy atom. The van der Waals surface area contributed by atoms with Crippen LogP contribution in [0, 0.1) is 19.8 Å². The maximum atomic E-state index is 4.27. The molecule has 2 rings (SSSR count). The minimum Gasteiger partial charge on any atom is -0.245 e. The highest BCUT2D eigenvalue weighted by molar-refractivity contribution is 5.62. The van der Waals surface area contributed by atoms with E-state index in [1.807, 2.05) is 26.1 Å². The Hall–Kier alpha value is -1.71. The third-order valence-electron chi connectivity index (χ3n) is 2.74. The Kier molecular flexibility index (Phi) is 3.85. The molecule has 4 nitrogen and oxygen atoms in total. The van der Waals surface area contributed by atoms with Gasteiger partial charge in [-0.2, -0.15) is 5.10 Å². The van der Waals surface area contributed by atoms with Crippen LogP contribution in [-0.4, -0.2) is 16.2 Å². The fourth-order valence-electron chi connectivity index (χ4n) is 1.93. The number of hydrogen-bond acceptors (Lipinski definition) is 4. The molecule has 17 heavy (non-hydrogen) atoms. The summed E-state index contributed by atoms with van der Waals surface area (Å²) in [6, 6.07) is 1.95. The first-order valence-electron chi connectivity index (χ1n) is 6.00. The molecule has 0 aliphatic heterocycles. The molecule has 0 bridgehead atoms. The van der Waals surface area contributed by atoms with Crippen molar-refractivity contribution in [3.63, 3.8) is 0 Å². The number of hydrogen-bond donors (Lipinski definition) is 1. The van der Waals surface area contributed by atoms with Gasteiger partial charge in [0.1, 0.15) is 0 Å². The zero-order valence-corrected chi connectivity index (χ0v) is 10.3. The van der Waals surface area contributed by atoms with Crippen LogP contribution in [0.2, 0.25) is 0 Å². The van der Waals surface area contributed by atoms with Crippen molar-refractivity contribution < 1.29 is 0 Å². The second-order valence-electron chi connectivity index (χ2n) is 4.41. The van der Waals surface area contributed by atoms with Crippen molar-refractivity contribution in [3.05, 3.63) is 29.6 Å². The molecule has 0 saturated heterocycles. The third kappa shape index (κ3) is 3.66. The Morgan fingerprint density at radius 1 is 1.29 bits per heavy atom. The first-order chi connectivity index (χ1) is 8.24. The summed E-state index contributed by atoms with van der Waals surface area (Å²) in [4.78, 5) is 8.53. The van der Waals surface area contributed by atoms with Gasteiger partial charge in [-0.15, -0.1) is 0 Å². The summed E-state index contributed by atoms with van der Waals surface area (Å²) >= 11 is 0. The van der Waals surface area contributed by atoms with Gasteiger partial charge in [0.15, 0.2) is 0 Å². The highest BCUT2D eigenvalue weighted by Gasteiger charge is 2.06. The Labute approximate surface area is 102 Å². The van der Waals surface area contributed by atoms with Crippen LogP contribution >= 0.6 is 0 Å². The van der Waals surface area contributed by atoms with Crippen LogP contribution < -0.4 is 5.43 Å². The van der Waals surface area contributed by atoms with Crippen LogP contribution in [0.4, 0.5) is 5.95 Å². The maximum Gasteiger partial charge on any atom is 0.243 e. The Balaban J connectivity index is 1.92. The summed E-state index contributed by atoms with van der Waals surface area (Å²) in [6.07, 6.45) is 9.81. The first-order valence-corrected chi connectivity index (χ1v) is 6.00. The van der Waals surface area contributed by atoms with Gasteiger partial charge in [0.2, 0.25) is 5.95 Å². The van der Waals surface area contributed by atoms with Crippen LogP contribution in [0.15, 0.2) is 23.3 Å². The summed E-state index contributed by atoms with van der Waals surface area (Å²) in [5.74, 6) is 1.11. The molecule has 0 radical (unpaired) electrons. The van der Waals surface area contributed by atoms with E-state index in [1.54, 1.807) is 0 Å². The fourth-order valence-corrected chi connectivity index (χ4v) is 1.93. The van der Waals surface area contributed by atoms with E-state index in [0.29, 0.717) is 11.9 Å². The average Bonchev–Trinajstić information content (AvgIpc) is 2.29. The van der Waals surface area contributed by atoms with Crippen molar-refractivity contribution in [1.29, 1.82) is 0 Å². The van der Waals surface area contributed by atoms with Crippen molar-refractivity contribution in [2.24, 2.45) is 11.0 Å². The molecule has 1 aromatic rings. The summed E-state index contributed by atoms with van der Waals surface area (Å²) in [6.45, 7) is 3.91. The van der Waals surface area contributed by atoms with Crippen molar-refractivity contribution in [2.45, 2.75) is 33.1 Å². The lowest BCUT2D eigenvalue weighted by molar-refractivity contribution is 0.627. The van der Waals surface area contributed by atoms with Gasteiger partial charge < -0.3 is 0 Å². The molecule has 0 amide bonds. The van der Waals surface area contributed by atoms with Crippen LogP contribution in [0.25, 0.3) is 0 Å². The van der Waals surface area contributed by atoms with E-state index in [9.17, 15) is 0 Å². The molecule has 90 valence electrons. The predicted molar refractivity (Wildman–Crippen MR) is 70.1 cm³/mol. The highest BCUT2D eigenvalue weighted by atomic mass is 15.3. The second-order valence-corrected chi connectivity index (χ2v) is 4.41. The smallest absolute Gasteiger partial charge is 0.243 e. The van der Waals surface area contributed by atoms with Crippen molar-refractivity contribution in [3.8, 4) is 0 Å². The lowest BCUT2D eigenvalue weighted by Crippen LogP contribution is -2.06. The summed E-state index contributed by atoms with van der Waals surface area (Å²) in [5, 5.41) is 4.21. The Morgan fingerprint density at radius 3 is 2.71 bits per heavy atom. The SMILES string of the molecule is Cc1cc(C)nc(N/N=C\[C@@H]2CC=CCC2)n1. The number of anilines is 1. The zero-order valence-electron chi connectivity index (χ0n) is 10.3. The molecule has 1 aliphatic carbocycles.